The third kappa shape index (κ3) is 4.31. The van der Waals surface area contributed by atoms with Gasteiger partial charge in [0.15, 0.2) is 0 Å². The molecule has 2 heterocycles. The average Bonchev–Trinajstić information content (AvgIpc) is 3.13. The SMILES string of the molecule is CC.COc1ccc(CC(=O)N2CCC3(CC2)COc2ccc(CN)cc23)cc1C. The summed E-state index contributed by atoms with van der Waals surface area (Å²) in [6, 6.07) is 12.2. The van der Waals surface area contributed by atoms with E-state index < -0.39 is 0 Å². The minimum Gasteiger partial charge on any atom is -0.496 e. The quantitative estimate of drug-likeness (QED) is 0.828. The van der Waals surface area contributed by atoms with Crippen molar-refractivity contribution in [3.8, 4) is 11.5 Å². The Morgan fingerprint density at radius 1 is 1.13 bits per heavy atom. The van der Waals surface area contributed by atoms with Gasteiger partial charge in [0.2, 0.25) is 5.91 Å². The number of likely N-dealkylation sites (tertiary alicyclic amines) is 1. The number of methoxy groups -OCH3 is 1. The predicted octanol–water partition coefficient (Wildman–Crippen LogP) is 3.98. The minimum absolute atomic E-state index is 0.0218. The van der Waals surface area contributed by atoms with Gasteiger partial charge in [0.1, 0.15) is 11.5 Å². The second kappa shape index (κ2) is 9.52. The van der Waals surface area contributed by atoms with E-state index in [1.807, 2.05) is 56.0 Å². The predicted molar refractivity (Wildman–Crippen MR) is 120 cm³/mol. The van der Waals surface area contributed by atoms with Crippen LogP contribution in [0, 0.1) is 6.92 Å². The molecule has 4 rings (SSSR count). The average molecular weight is 411 g/mol. The first-order chi connectivity index (χ1) is 14.5. The molecule has 0 bridgehead atoms. The maximum Gasteiger partial charge on any atom is 0.226 e. The molecule has 2 aliphatic rings. The van der Waals surface area contributed by atoms with Crippen LogP contribution in [0.2, 0.25) is 0 Å². The van der Waals surface area contributed by atoms with Crippen molar-refractivity contribution in [1.82, 2.24) is 4.90 Å². The fourth-order valence-electron chi connectivity index (χ4n) is 4.47. The normalized spacial score (nSPS) is 16.4. The lowest BCUT2D eigenvalue weighted by Crippen LogP contribution is -2.46. The Morgan fingerprint density at radius 3 is 2.47 bits per heavy atom. The van der Waals surface area contributed by atoms with Gasteiger partial charge in [-0.25, -0.2) is 0 Å². The maximum atomic E-state index is 12.8. The van der Waals surface area contributed by atoms with Crippen molar-refractivity contribution < 1.29 is 14.3 Å². The maximum absolute atomic E-state index is 12.8. The molecule has 2 aromatic carbocycles. The summed E-state index contributed by atoms with van der Waals surface area (Å²) in [6.07, 6.45) is 2.30. The number of aryl methyl sites for hydroxylation is 1. The second-order valence-electron chi connectivity index (χ2n) is 7.97. The van der Waals surface area contributed by atoms with Crippen molar-refractivity contribution in [2.75, 3.05) is 26.8 Å². The first-order valence-electron chi connectivity index (χ1n) is 10.9. The van der Waals surface area contributed by atoms with E-state index in [9.17, 15) is 4.79 Å². The number of hydrogen-bond acceptors (Lipinski definition) is 4. The molecule has 2 aliphatic heterocycles. The Labute approximate surface area is 180 Å². The zero-order valence-corrected chi connectivity index (χ0v) is 18.7. The number of benzene rings is 2. The number of amides is 1. The van der Waals surface area contributed by atoms with Gasteiger partial charge in [-0.1, -0.05) is 38.1 Å². The van der Waals surface area contributed by atoms with Gasteiger partial charge >= 0.3 is 0 Å². The highest BCUT2D eigenvalue weighted by atomic mass is 16.5. The van der Waals surface area contributed by atoms with E-state index in [0.717, 1.165) is 54.1 Å². The Bertz CT molecular complexity index is 886. The van der Waals surface area contributed by atoms with Crippen LogP contribution in [0.5, 0.6) is 11.5 Å². The van der Waals surface area contributed by atoms with Gasteiger partial charge in [-0.05, 0) is 48.6 Å². The van der Waals surface area contributed by atoms with Crippen LogP contribution in [-0.4, -0.2) is 37.6 Å². The van der Waals surface area contributed by atoms with Crippen molar-refractivity contribution in [2.45, 2.75) is 52.0 Å². The topological polar surface area (TPSA) is 64.8 Å². The van der Waals surface area contributed by atoms with Crippen LogP contribution in [-0.2, 0) is 23.2 Å². The van der Waals surface area contributed by atoms with E-state index in [1.165, 1.54) is 5.56 Å². The Hall–Kier alpha value is -2.53. The zero-order valence-electron chi connectivity index (χ0n) is 18.7. The van der Waals surface area contributed by atoms with E-state index in [4.69, 9.17) is 15.2 Å². The highest BCUT2D eigenvalue weighted by molar-refractivity contribution is 5.79. The highest BCUT2D eigenvalue weighted by Crippen LogP contribution is 2.45. The van der Waals surface area contributed by atoms with E-state index in [1.54, 1.807) is 7.11 Å². The first-order valence-corrected chi connectivity index (χ1v) is 10.9. The number of nitrogens with zero attached hydrogens (tertiary/aromatic N) is 1. The fraction of sp³-hybridized carbons (Fsp3) is 0.480. The summed E-state index contributed by atoms with van der Waals surface area (Å²) in [5.41, 5.74) is 10.3. The van der Waals surface area contributed by atoms with Gasteiger partial charge in [0, 0.05) is 30.6 Å². The molecule has 2 aromatic rings. The summed E-state index contributed by atoms with van der Waals surface area (Å²) in [6.45, 7) is 8.78. The molecule has 0 saturated carbocycles. The minimum atomic E-state index is 0.0218. The van der Waals surface area contributed by atoms with Crippen molar-refractivity contribution in [3.05, 3.63) is 58.7 Å². The van der Waals surface area contributed by atoms with Gasteiger partial charge in [0.05, 0.1) is 20.1 Å². The molecule has 1 saturated heterocycles. The van der Waals surface area contributed by atoms with Gasteiger partial charge in [-0.3, -0.25) is 4.79 Å². The number of piperidine rings is 1. The number of rotatable bonds is 4. The van der Waals surface area contributed by atoms with Crippen molar-refractivity contribution in [1.29, 1.82) is 0 Å². The number of nitrogens with two attached hydrogens (primary N) is 1. The molecule has 162 valence electrons. The zero-order chi connectivity index (χ0) is 21.7. The molecular weight excluding hydrogens is 376 g/mol. The molecule has 1 spiro atoms. The molecule has 2 N–H and O–H groups in total. The van der Waals surface area contributed by atoms with Gasteiger partial charge in [-0.15, -0.1) is 0 Å². The molecule has 1 fully saturated rings. The highest BCUT2D eigenvalue weighted by Gasteiger charge is 2.43. The van der Waals surface area contributed by atoms with Gasteiger partial charge < -0.3 is 20.1 Å². The lowest BCUT2D eigenvalue weighted by Gasteiger charge is -2.38. The number of hydrogen-bond donors (Lipinski definition) is 1. The molecule has 1 amide bonds. The number of carbonyl (C=O) groups excluding carboxylic acids is 1. The molecule has 5 nitrogen and oxygen atoms in total. The lowest BCUT2D eigenvalue weighted by molar-refractivity contribution is -0.132. The van der Waals surface area contributed by atoms with Crippen LogP contribution in [0.25, 0.3) is 0 Å². The van der Waals surface area contributed by atoms with E-state index in [-0.39, 0.29) is 11.3 Å². The molecule has 0 aromatic heterocycles. The summed E-state index contributed by atoms with van der Waals surface area (Å²) in [7, 11) is 1.66. The summed E-state index contributed by atoms with van der Waals surface area (Å²) in [5, 5.41) is 0. The van der Waals surface area contributed by atoms with Crippen molar-refractivity contribution >= 4 is 5.91 Å². The summed E-state index contributed by atoms with van der Waals surface area (Å²) in [5.74, 6) is 2.02. The Morgan fingerprint density at radius 2 is 1.83 bits per heavy atom. The number of fused-ring (bicyclic) bond motifs is 2. The van der Waals surface area contributed by atoms with Crippen molar-refractivity contribution in [2.24, 2.45) is 5.73 Å². The third-order valence-electron chi connectivity index (χ3n) is 6.24. The van der Waals surface area contributed by atoms with Crippen LogP contribution in [0.4, 0.5) is 0 Å². The molecular formula is C25H34N2O3. The monoisotopic (exact) mass is 410 g/mol. The molecule has 30 heavy (non-hydrogen) atoms. The summed E-state index contributed by atoms with van der Waals surface area (Å²) >= 11 is 0. The fourth-order valence-corrected chi connectivity index (χ4v) is 4.47. The lowest BCUT2D eigenvalue weighted by atomic mass is 9.74. The van der Waals surface area contributed by atoms with Crippen LogP contribution in [0.1, 0.15) is 48.9 Å². The Balaban J connectivity index is 0.00000124. The van der Waals surface area contributed by atoms with E-state index in [0.29, 0.717) is 19.6 Å². The summed E-state index contributed by atoms with van der Waals surface area (Å²) < 4.78 is 11.3. The van der Waals surface area contributed by atoms with E-state index in [2.05, 4.69) is 6.07 Å². The van der Waals surface area contributed by atoms with Crippen LogP contribution in [0.15, 0.2) is 36.4 Å². The molecule has 0 atom stereocenters. The van der Waals surface area contributed by atoms with Crippen LogP contribution < -0.4 is 15.2 Å². The van der Waals surface area contributed by atoms with E-state index >= 15 is 0 Å². The molecule has 5 heteroatoms. The smallest absolute Gasteiger partial charge is 0.226 e. The van der Waals surface area contributed by atoms with Gasteiger partial charge in [0.25, 0.3) is 0 Å². The standard InChI is InChI=1S/C23H28N2O3.C2H6/c1-16-11-17(3-5-20(16)27-2)13-22(26)25-9-7-23(8-10-25)15-28-21-6-4-18(14-24)12-19(21)23;1-2/h3-6,11-12H,7-10,13-15,24H2,1-2H3;1-2H3. The Kier molecular flexibility index (Phi) is 7.03. The number of carbonyl (C=O) groups is 1. The van der Waals surface area contributed by atoms with Gasteiger partial charge in [-0.2, -0.15) is 0 Å². The van der Waals surface area contributed by atoms with Crippen LogP contribution in [0.3, 0.4) is 0 Å². The van der Waals surface area contributed by atoms with Crippen LogP contribution >= 0.6 is 0 Å². The molecule has 0 aliphatic carbocycles. The second-order valence-corrected chi connectivity index (χ2v) is 7.97. The first kappa shape index (κ1) is 22.2. The third-order valence-corrected chi connectivity index (χ3v) is 6.24. The van der Waals surface area contributed by atoms with Crippen molar-refractivity contribution in [3.63, 3.8) is 0 Å². The molecule has 0 unspecified atom stereocenters. The summed E-state index contributed by atoms with van der Waals surface area (Å²) in [4.78, 5) is 14.8. The largest absolute Gasteiger partial charge is 0.496 e. The molecule has 0 radical (unpaired) electrons. The number of ether oxygens (including phenoxy) is 2.